The van der Waals surface area contributed by atoms with E-state index in [1.54, 1.807) is 32.0 Å². The molecule has 0 aromatic heterocycles. The van der Waals surface area contributed by atoms with Gasteiger partial charge in [-0.05, 0) is 44.5 Å². The second-order valence-corrected chi connectivity index (χ2v) is 3.86. The molecule has 1 aromatic rings. The fraction of sp³-hybridized carbons (Fsp3) is 0.417. The predicted molar refractivity (Wildman–Crippen MR) is 62.9 cm³/mol. The number of hydrogen-bond acceptors (Lipinski definition) is 3. The molecule has 1 rings (SSSR count). The minimum absolute atomic E-state index is 0.353. The van der Waals surface area contributed by atoms with Crippen LogP contribution < -0.4 is 4.74 Å². The largest absolute Gasteiger partial charge is 0.479 e. The fourth-order valence-electron chi connectivity index (χ4n) is 1.24. The molecule has 0 fully saturated rings. The number of halogens is 1. The van der Waals surface area contributed by atoms with Crippen LogP contribution in [0.1, 0.15) is 19.4 Å². The number of ether oxygens (including phenoxy) is 2. The Balaban J connectivity index is 2.69. The highest BCUT2D eigenvalue weighted by Gasteiger charge is 2.16. The summed E-state index contributed by atoms with van der Waals surface area (Å²) in [6.45, 7) is 5.65. The molecular weight excluding hydrogens is 228 g/mol. The van der Waals surface area contributed by atoms with Gasteiger partial charge in [0.1, 0.15) is 5.75 Å². The van der Waals surface area contributed by atoms with Crippen molar-refractivity contribution in [1.29, 1.82) is 0 Å². The average molecular weight is 243 g/mol. The highest BCUT2D eigenvalue weighted by molar-refractivity contribution is 6.30. The third-order valence-corrected chi connectivity index (χ3v) is 2.29. The van der Waals surface area contributed by atoms with E-state index in [0.29, 0.717) is 17.4 Å². The molecule has 0 bridgehead atoms. The van der Waals surface area contributed by atoms with E-state index in [-0.39, 0.29) is 5.97 Å². The van der Waals surface area contributed by atoms with E-state index in [2.05, 4.69) is 0 Å². The van der Waals surface area contributed by atoms with Crippen LogP contribution >= 0.6 is 11.6 Å². The Bertz CT molecular complexity index is 377. The molecule has 0 aliphatic rings. The number of hydrogen-bond donors (Lipinski definition) is 0. The van der Waals surface area contributed by atoms with E-state index < -0.39 is 6.10 Å². The molecule has 0 aliphatic heterocycles. The van der Waals surface area contributed by atoms with Gasteiger partial charge in [0.25, 0.3) is 0 Å². The molecule has 88 valence electrons. The highest BCUT2D eigenvalue weighted by Crippen LogP contribution is 2.22. The van der Waals surface area contributed by atoms with Crippen molar-refractivity contribution < 1.29 is 14.3 Å². The smallest absolute Gasteiger partial charge is 0.347 e. The zero-order valence-corrected chi connectivity index (χ0v) is 10.4. The maximum atomic E-state index is 11.4. The number of rotatable bonds is 4. The van der Waals surface area contributed by atoms with Crippen LogP contribution in [-0.2, 0) is 9.53 Å². The van der Waals surface area contributed by atoms with Gasteiger partial charge in [0.2, 0.25) is 0 Å². The zero-order valence-electron chi connectivity index (χ0n) is 9.62. The lowest BCUT2D eigenvalue weighted by atomic mass is 10.2. The first kappa shape index (κ1) is 12.8. The van der Waals surface area contributed by atoms with Gasteiger partial charge in [-0.15, -0.1) is 0 Å². The third-order valence-electron chi connectivity index (χ3n) is 2.06. The van der Waals surface area contributed by atoms with Crippen LogP contribution in [0.5, 0.6) is 5.75 Å². The summed E-state index contributed by atoms with van der Waals surface area (Å²) in [6, 6.07) is 5.25. The standard InChI is InChI=1S/C12H15ClO3/c1-4-15-12(14)9(3)16-11-6-5-10(13)7-8(11)2/h5-7,9H,4H2,1-3H3/t9-/m1/s1. The van der Waals surface area contributed by atoms with Gasteiger partial charge in [-0.25, -0.2) is 4.79 Å². The average Bonchev–Trinajstić information content (AvgIpc) is 2.22. The molecule has 0 saturated carbocycles. The Morgan fingerprint density at radius 2 is 2.19 bits per heavy atom. The van der Waals surface area contributed by atoms with E-state index in [1.165, 1.54) is 0 Å². The van der Waals surface area contributed by atoms with E-state index in [9.17, 15) is 4.79 Å². The molecule has 0 aliphatic carbocycles. The number of carbonyl (C=O) groups is 1. The predicted octanol–water partition coefficient (Wildman–Crippen LogP) is 2.98. The first-order chi connectivity index (χ1) is 7.54. The van der Waals surface area contributed by atoms with Gasteiger partial charge in [-0.2, -0.15) is 0 Å². The topological polar surface area (TPSA) is 35.5 Å². The highest BCUT2D eigenvalue weighted by atomic mass is 35.5. The van der Waals surface area contributed by atoms with Gasteiger partial charge in [-0.3, -0.25) is 0 Å². The molecule has 0 unspecified atom stereocenters. The van der Waals surface area contributed by atoms with Crippen molar-refractivity contribution in [2.45, 2.75) is 26.9 Å². The van der Waals surface area contributed by atoms with Gasteiger partial charge < -0.3 is 9.47 Å². The van der Waals surface area contributed by atoms with E-state index in [1.807, 2.05) is 6.92 Å². The summed E-state index contributed by atoms with van der Waals surface area (Å²) in [7, 11) is 0. The summed E-state index contributed by atoms with van der Waals surface area (Å²) >= 11 is 5.82. The lowest BCUT2D eigenvalue weighted by Crippen LogP contribution is -2.26. The quantitative estimate of drug-likeness (QED) is 0.762. The number of carbonyl (C=O) groups excluding carboxylic acids is 1. The lowest BCUT2D eigenvalue weighted by molar-refractivity contribution is -0.150. The summed E-state index contributed by atoms with van der Waals surface area (Å²) in [5.74, 6) is 0.279. The maximum Gasteiger partial charge on any atom is 0.347 e. The molecule has 0 N–H and O–H groups in total. The van der Waals surface area contributed by atoms with Crippen LogP contribution in [-0.4, -0.2) is 18.7 Å². The van der Waals surface area contributed by atoms with Crippen molar-refractivity contribution >= 4 is 17.6 Å². The molecule has 0 saturated heterocycles. The van der Waals surface area contributed by atoms with E-state index >= 15 is 0 Å². The SMILES string of the molecule is CCOC(=O)[C@@H](C)Oc1ccc(Cl)cc1C. The lowest BCUT2D eigenvalue weighted by Gasteiger charge is -2.15. The van der Waals surface area contributed by atoms with Crippen LogP contribution in [0.2, 0.25) is 5.02 Å². The molecule has 3 nitrogen and oxygen atoms in total. The molecule has 1 aromatic carbocycles. The van der Waals surface area contributed by atoms with Crippen molar-refractivity contribution in [3.63, 3.8) is 0 Å². The van der Waals surface area contributed by atoms with Crippen LogP contribution in [0, 0.1) is 6.92 Å². The Kier molecular flexibility index (Phi) is 4.62. The first-order valence-corrected chi connectivity index (χ1v) is 5.51. The molecule has 0 heterocycles. The van der Waals surface area contributed by atoms with Crippen molar-refractivity contribution in [3.05, 3.63) is 28.8 Å². The van der Waals surface area contributed by atoms with Crippen LogP contribution in [0.25, 0.3) is 0 Å². The third kappa shape index (κ3) is 3.42. The van der Waals surface area contributed by atoms with Gasteiger partial charge in [0.05, 0.1) is 6.61 Å². The number of benzene rings is 1. The Morgan fingerprint density at radius 3 is 2.75 bits per heavy atom. The molecule has 0 amide bonds. The minimum atomic E-state index is -0.611. The molecule has 1 atom stereocenters. The summed E-state index contributed by atoms with van der Waals surface area (Å²) in [5, 5.41) is 0.647. The van der Waals surface area contributed by atoms with Gasteiger partial charge in [-0.1, -0.05) is 11.6 Å². The second kappa shape index (κ2) is 5.75. The first-order valence-electron chi connectivity index (χ1n) is 5.14. The van der Waals surface area contributed by atoms with Crippen LogP contribution in [0.15, 0.2) is 18.2 Å². The molecule has 16 heavy (non-hydrogen) atoms. The molecule has 0 radical (unpaired) electrons. The van der Waals surface area contributed by atoms with Crippen LogP contribution in [0.3, 0.4) is 0 Å². The van der Waals surface area contributed by atoms with Gasteiger partial charge >= 0.3 is 5.97 Å². The summed E-state index contributed by atoms with van der Waals surface area (Å²) in [5.41, 5.74) is 0.892. The minimum Gasteiger partial charge on any atom is -0.479 e. The normalized spacial score (nSPS) is 12.0. The maximum absolute atomic E-state index is 11.4. The molecule has 4 heteroatoms. The Labute approximate surface area is 100 Å². The second-order valence-electron chi connectivity index (χ2n) is 3.42. The van der Waals surface area contributed by atoms with Crippen molar-refractivity contribution in [2.24, 2.45) is 0 Å². The van der Waals surface area contributed by atoms with Gasteiger partial charge in [0.15, 0.2) is 6.10 Å². The Hall–Kier alpha value is -1.22. The summed E-state index contributed by atoms with van der Waals surface area (Å²) < 4.78 is 10.3. The zero-order chi connectivity index (χ0) is 12.1. The van der Waals surface area contributed by atoms with Crippen molar-refractivity contribution in [1.82, 2.24) is 0 Å². The van der Waals surface area contributed by atoms with E-state index in [0.717, 1.165) is 5.56 Å². The summed E-state index contributed by atoms with van der Waals surface area (Å²) in [6.07, 6.45) is -0.611. The number of esters is 1. The van der Waals surface area contributed by atoms with Crippen molar-refractivity contribution in [2.75, 3.05) is 6.61 Å². The number of aryl methyl sites for hydroxylation is 1. The van der Waals surface area contributed by atoms with Crippen molar-refractivity contribution in [3.8, 4) is 5.75 Å². The van der Waals surface area contributed by atoms with E-state index in [4.69, 9.17) is 21.1 Å². The van der Waals surface area contributed by atoms with Gasteiger partial charge in [0, 0.05) is 5.02 Å². The monoisotopic (exact) mass is 242 g/mol. The molecular formula is C12H15ClO3. The summed E-state index contributed by atoms with van der Waals surface area (Å²) in [4.78, 5) is 11.4. The molecule has 0 spiro atoms. The fourth-order valence-corrected chi connectivity index (χ4v) is 1.47. The Morgan fingerprint density at radius 1 is 1.50 bits per heavy atom. The van der Waals surface area contributed by atoms with Crippen LogP contribution in [0.4, 0.5) is 0 Å².